The van der Waals surface area contributed by atoms with Crippen molar-refractivity contribution in [1.29, 1.82) is 0 Å². The molecule has 0 radical (unpaired) electrons. The van der Waals surface area contributed by atoms with Crippen molar-refractivity contribution in [1.82, 2.24) is 19.3 Å². The van der Waals surface area contributed by atoms with Crippen LogP contribution in [0.25, 0.3) is 38.2 Å². The van der Waals surface area contributed by atoms with Crippen molar-refractivity contribution in [3.8, 4) is 33.4 Å². The van der Waals surface area contributed by atoms with Crippen LogP contribution in [0.3, 0.4) is 0 Å². The summed E-state index contributed by atoms with van der Waals surface area (Å²) in [7, 11) is 0. The van der Waals surface area contributed by atoms with E-state index in [1.165, 1.54) is 36.5 Å². The summed E-state index contributed by atoms with van der Waals surface area (Å²) in [6.07, 6.45) is 8.18. The Bertz CT molecular complexity index is 2070. The number of anilines is 1. The fourth-order valence-electron chi connectivity index (χ4n) is 5.86. The first kappa shape index (κ1) is 31.5. The van der Waals surface area contributed by atoms with Gasteiger partial charge >= 0.3 is 0 Å². The van der Waals surface area contributed by atoms with Gasteiger partial charge in [-0.15, -0.1) is 0 Å². The van der Waals surface area contributed by atoms with E-state index >= 15 is 4.39 Å². The van der Waals surface area contributed by atoms with E-state index in [1.807, 2.05) is 24.7 Å². The van der Waals surface area contributed by atoms with Crippen LogP contribution in [-0.4, -0.2) is 38.3 Å². The summed E-state index contributed by atoms with van der Waals surface area (Å²) in [6.45, 7) is 12.8. The van der Waals surface area contributed by atoms with Crippen LogP contribution in [0.15, 0.2) is 78.1 Å². The molecule has 2 N–H and O–H groups in total. The Balaban J connectivity index is 1.29. The van der Waals surface area contributed by atoms with Gasteiger partial charge in [-0.1, -0.05) is 30.8 Å². The summed E-state index contributed by atoms with van der Waals surface area (Å²) in [5, 5.41) is 4.52. The molecule has 11 heteroatoms. The molecule has 1 fully saturated rings. The van der Waals surface area contributed by atoms with E-state index in [0.717, 1.165) is 24.0 Å². The van der Waals surface area contributed by atoms with E-state index in [0.29, 0.717) is 29.9 Å². The number of hydrogen-bond donors (Lipinski definition) is 1. The number of ether oxygens (including phenoxy) is 1. The monoisotopic (exact) mass is 634 g/mol. The summed E-state index contributed by atoms with van der Waals surface area (Å²) in [6, 6.07) is 11.4. The molecule has 5 aromatic rings. The van der Waals surface area contributed by atoms with Gasteiger partial charge in [0.15, 0.2) is 11.2 Å². The van der Waals surface area contributed by atoms with E-state index in [2.05, 4.69) is 14.9 Å². The Hall–Kier alpha value is -5.47. The molecular weight excluding hydrogens is 602 g/mol. The maximum Gasteiger partial charge on any atom is 0.241 e. The molecule has 2 aromatic carbocycles. The van der Waals surface area contributed by atoms with E-state index < -0.39 is 22.8 Å². The SMILES string of the molecule is [C-]#[N+]c1c(-c2ccc(F)cc2)c(=O)c(C(=O)Cc2ccc(-c3cc(-c4cnn(C5CCOCC5)c4)cnc3N)c(F)c2)cn1C(C)C. The Kier molecular flexibility index (Phi) is 8.78. The number of benzene rings is 2. The molecule has 9 nitrogen and oxygen atoms in total. The van der Waals surface area contributed by atoms with Gasteiger partial charge in [-0.05, 0) is 62.1 Å². The van der Waals surface area contributed by atoms with Gasteiger partial charge in [-0.25, -0.2) is 13.8 Å². The van der Waals surface area contributed by atoms with Crippen LogP contribution in [0.1, 0.15) is 54.7 Å². The number of aromatic nitrogens is 4. The number of nitrogen functional groups attached to an aromatic ring is 1. The Morgan fingerprint density at radius 1 is 1.02 bits per heavy atom. The first-order valence-corrected chi connectivity index (χ1v) is 15.3. The third-order valence-corrected chi connectivity index (χ3v) is 8.41. The normalized spacial score (nSPS) is 13.5. The van der Waals surface area contributed by atoms with E-state index in [-0.39, 0.29) is 46.8 Å². The summed E-state index contributed by atoms with van der Waals surface area (Å²) < 4.78 is 38.2. The van der Waals surface area contributed by atoms with Gasteiger partial charge < -0.3 is 15.3 Å². The van der Waals surface area contributed by atoms with Gasteiger partial charge in [-0.3, -0.25) is 18.8 Å². The lowest BCUT2D eigenvalue weighted by Gasteiger charge is -2.22. The molecule has 4 heterocycles. The van der Waals surface area contributed by atoms with Crippen LogP contribution in [0.2, 0.25) is 0 Å². The Labute approximate surface area is 270 Å². The second-order valence-electron chi connectivity index (χ2n) is 11.8. The first-order valence-electron chi connectivity index (χ1n) is 15.3. The third kappa shape index (κ3) is 6.33. The van der Waals surface area contributed by atoms with E-state index in [4.69, 9.17) is 17.0 Å². The quantitative estimate of drug-likeness (QED) is 0.143. The van der Waals surface area contributed by atoms with Crippen molar-refractivity contribution in [2.45, 2.75) is 45.2 Å². The van der Waals surface area contributed by atoms with Gasteiger partial charge in [0.2, 0.25) is 5.82 Å². The number of carbonyl (C=O) groups excluding carboxylic acids is 1. The van der Waals surface area contributed by atoms with Gasteiger partial charge in [-0.2, -0.15) is 5.10 Å². The minimum absolute atomic E-state index is 0.0160. The molecule has 6 rings (SSSR count). The predicted octanol–water partition coefficient (Wildman–Crippen LogP) is 7.21. The molecule has 0 saturated carbocycles. The summed E-state index contributed by atoms with van der Waals surface area (Å²) in [4.78, 5) is 35.1. The highest BCUT2D eigenvalue weighted by molar-refractivity contribution is 5.99. The third-order valence-electron chi connectivity index (χ3n) is 8.41. The largest absolute Gasteiger partial charge is 0.383 e. The highest BCUT2D eigenvalue weighted by Crippen LogP contribution is 2.34. The van der Waals surface area contributed by atoms with Gasteiger partial charge in [0.25, 0.3) is 0 Å². The number of hydrogen-bond acceptors (Lipinski definition) is 6. The second kappa shape index (κ2) is 13.1. The molecule has 1 aliphatic heterocycles. The molecule has 238 valence electrons. The average molecular weight is 635 g/mol. The first-order chi connectivity index (χ1) is 22.6. The molecular formula is C36H32F2N6O3. The molecule has 0 atom stereocenters. The average Bonchev–Trinajstić information content (AvgIpc) is 3.56. The number of pyridine rings is 2. The zero-order valence-corrected chi connectivity index (χ0v) is 25.9. The second-order valence-corrected chi connectivity index (χ2v) is 11.8. The lowest BCUT2D eigenvalue weighted by molar-refractivity contribution is 0.0662. The summed E-state index contributed by atoms with van der Waals surface area (Å²) in [5.74, 6) is -1.44. The van der Waals surface area contributed by atoms with Gasteiger partial charge in [0.1, 0.15) is 23.0 Å². The molecule has 0 aliphatic carbocycles. The highest BCUT2D eigenvalue weighted by atomic mass is 19.1. The lowest BCUT2D eigenvalue weighted by atomic mass is 9.96. The van der Waals surface area contributed by atoms with Crippen LogP contribution < -0.4 is 11.2 Å². The molecule has 3 aromatic heterocycles. The van der Waals surface area contributed by atoms with E-state index in [9.17, 15) is 14.0 Å². The van der Waals surface area contributed by atoms with Crippen LogP contribution in [-0.2, 0) is 11.2 Å². The number of nitrogens with two attached hydrogens (primary N) is 1. The Morgan fingerprint density at radius 3 is 2.45 bits per heavy atom. The molecule has 0 bridgehead atoms. The molecule has 0 spiro atoms. The predicted molar refractivity (Wildman–Crippen MR) is 175 cm³/mol. The van der Waals surface area contributed by atoms with Crippen LogP contribution in [0, 0.1) is 18.2 Å². The number of ketones is 1. The lowest BCUT2D eigenvalue weighted by Crippen LogP contribution is -2.22. The van der Waals surface area contributed by atoms with Crippen LogP contribution in [0.4, 0.5) is 20.4 Å². The summed E-state index contributed by atoms with van der Waals surface area (Å²) >= 11 is 0. The molecule has 0 amide bonds. The van der Waals surface area contributed by atoms with E-state index in [1.54, 1.807) is 35.2 Å². The minimum atomic E-state index is -0.641. The summed E-state index contributed by atoms with van der Waals surface area (Å²) in [5.41, 5.74) is 8.26. The minimum Gasteiger partial charge on any atom is -0.383 e. The van der Waals surface area contributed by atoms with Crippen molar-refractivity contribution >= 4 is 17.4 Å². The molecule has 47 heavy (non-hydrogen) atoms. The maximum atomic E-state index is 15.7. The van der Waals surface area contributed by atoms with Crippen molar-refractivity contribution in [2.75, 3.05) is 18.9 Å². The van der Waals surface area contributed by atoms with Crippen molar-refractivity contribution in [3.05, 3.63) is 118 Å². The van der Waals surface area contributed by atoms with Gasteiger partial charge in [0, 0.05) is 54.3 Å². The number of nitrogens with zero attached hydrogens (tertiary/aromatic N) is 5. The number of Topliss-reactive ketones (excluding diaryl/α,β-unsaturated/α-hetero) is 1. The topological polar surface area (TPSA) is 109 Å². The fraction of sp³-hybridized carbons (Fsp3) is 0.250. The standard InChI is InChI=1S/C36H32F2N6O3/c1-21(2)43-20-30(34(46)33(36(43)40-3)23-5-7-26(37)8-6-23)32(45)15-22-4-9-28(31(38)14-22)29-16-24(17-41-35(29)39)25-18-42-44(19-25)27-10-12-47-13-11-27/h4-9,14,16-21,27H,10-13,15H2,1-2H3,(H2,39,41). The maximum absolute atomic E-state index is 15.7. The zero-order valence-electron chi connectivity index (χ0n) is 25.9. The van der Waals surface area contributed by atoms with Crippen LogP contribution >= 0.6 is 0 Å². The van der Waals surface area contributed by atoms with Crippen molar-refractivity contribution in [3.63, 3.8) is 0 Å². The fourth-order valence-corrected chi connectivity index (χ4v) is 5.86. The zero-order chi connectivity index (χ0) is 33.2. The van der Waals surface area contributed by atoms with Gasteiger partial charge in [0.05, 0.1) is 30.0 Å². The molecule has 0 unspecified atom stereocenters. The Morgan fingerprint density at radius 2 is 1.77 bits per heavy atom. The van der Waals surface area contributed by atoms with Crippen LogP contribution in [0.5, 0.6) is 0 Å². The van der Waals surface area contributed by atoms with Crippen molar-refractivity contribution < 1.29 is 18.3 Å². The van der Waals surface area contributed by atoms with Crippen molar-refractivity contribution in [2.24, 2.45) is 0 Å². The molecule has 1 saturated heterocycles. The molecule has 1 aliphatic rings. The number of halogens is 2. The number of rotatable bonds is 8. The smallest absolute Gasteiger partial charge is 0.241 e. The highest BCUT2D eigenvalue weighted by Gasteiger charge is 2.24. The number of carbonyl (C=O) groups is 1.